The van der Waals surface area contributed by atoms with E-state index in [1.165, 1.54) is 0 Å². The third-order valence-corrected chi connectivity index (χ3v) is 12.6. The first kappa shape index (κ1) is 47.5. The first-order valence-corrected chi connectivity index (χ1v) is 23.6. The molecule has 2 aliphatic rings. The molecule has 9 rings (SSSR count). The van der Waals surface area contributed by atoms with Crippen molar-refractivity contribution < 1.29 is 29.2 Å². The summed E-state index contributed by atoms with van der Waals surface area (Å²) in [4.78, 5) is 28.8. The van der Waals surface area contributed by atoms with Gasteiger partial charge >= 0.3 is 0 Å². The minimum Gasteiger partial charge on any atom is -0.491 e. The van der Waals surface area contributed by atoms with Gasteiger partial charge in [-0.2, -0.15) is 5.10 Å². The predicted octanol–water partition coefficient (Wildman–Crippen LogP) is 5.61. The van der Waals surface area contributed by atoms with E-state index in [0.717, 1.165) is 91.4 Å². The fourth-order valence-electron chi connectivity index (χ4n) is 8.89. The Kier molecular flexibility index (Phi) is 14.7. The summed E-state index contributed by atoms with van der Waals surface area (Å²) in [6, 6.07) is 17.8. The molecule has 0 saturated carbocycles. The third-order valence-electron chi connectivity index (χ3n) is 12.6. The summed E-state index contributed by atoms with van der Waals surface area (Å²) in [6.07, 6.45) is 4.08. The average Bonchev–Trinajstić information content (AvgIpc) is 4.20. The van der Waals surface area contributed by atoms with Crippen LogP contribution in [0.5, 0.6) is 11.5 Å². The van der Waals surface area contributed by atoms with Gasteiger partial charge in [-0.1, -0.05) is 18.2 Å². The summed E-state index contributed by atoms with van der Waals surface area (Å²) in [5, 5.41) is 40.4. The fraction of sp³-hybridized carbons (Fsp3) is 0.412. The van der Waals surface area contributed by atoms with Gasteiger partial charge in [0.2, 0.25) is 0 Å². The van der Waals surface area contributed by atoms with Crippen molar-refractivity contribution in [1.29, 1.82) is 0 Å². The quantitative estimate of drug-likeness (QED) is 0.0494. The van der Waals surface area contributed by atoms with Crippen molar-refractivity contribution in [2.24, 2.45) is 0 Å². The molecule has 362 valence electrons. The van der Waals surface area contributed by atoms with Gasteiger partial charge in [-0.05, 0) is 96.6 Å². The van der Waals surface area contributed by atoms with E-state index in [9.17, 15) is 10.2 Å². The molecule has 2 unspecified atom stereocenters. The molecule has 2 saturated heterocycles. The number of hydrogen-bond acceptors (Lipinski definition) is 16. The lowest BCUT2D eigenvalue weighted by molar-refractivity contribution is 0.108. The van der Waals surface area contributed by atoms with Crippen LogP contribution in [0.3, 0.4) is 0 Å². The van der Waals surface area contributed by atoms with E-state index in [-0.39, 0.29) is 25.3 Å². The van der Waals surface area contributed by atoms with Crippen LogP contribution in [0.25, 0.3) is 56.3 Å². The monoisotopic (exact) mass is 938 g/mol. The number of ether oxygens (including phenoxy) is 4. The van der Waals surface area contributed by atoms with Crippen LogP contribution < -0.4 is 30.7 Å². The van der Waals surface area contributed by atoms with E-state index < -0.39 is 12.2 Å². The van der Waals surface area contributed by atoms with Crippen LogP contribution in [0.15, 0.2) is 67.0 Å². The molecule has 0 amide bonds. The average molecular weight is 939 g/mol. The van der Waals surface area contributed by atoms with Crippen molar-refractivity contribution in [3.63, 3.8) is 0 Å². The normalized spacial score (nSPS) is 16.8. The van der Waals surface area contributed by atoms with Crippen molar-refractivity contribution in [3.8, 4) is 56.8 Å². The molecular weight excluding hydrogens is 877 g/mol. The van der Waals surface area contributed by atoms with Gasteiger partial charge in [-0.25, -0.2) is 24.9 Å². The Balaban J connectivity index is 1.12. The third kappa shape index (κ3) is 10.9. The second-order valence-electron chi connectivity index (χ2n) is 17.9. The van der Waals surface area contributed by atoms with Crippen molar-refractivity contribution >= 4 is 22.7 Å². The van der Waals surface area contributed by atoms with E-state index in [1.54, 1.807) is 14.1 Å². The molecule has 2 fully saturated rings. The van der Waals surface area contributed by atoms with Gasteiger partial charge < -0.3 is 55.4 Å². The van der Waals surface area contributed by atoms with Gasteiger partial charge in [0.05, 0.1) is 48.9 Å². The molecule has 4 atom stereocenters. The van der Waals surface area contributed by atoms with Crippen LogP contribution >= 0.6 is 0 Å². The first-order valence-electron chi connectivity index (χ1n) is 23.6. The Morgan fingerprint density at radius 2 is 1.41 bits per heavy atom. The minimum atomic E-state index is -0.707. The van der Waals surface area contributed by atoms with E-state index in [2.05, 4.69) is 39.2 Å². The zero-order valence-electron chi connectivity index (χ0n) is 40.1. The number of hydrogen-bond donors (Lipinski definition) is 7. The summed E-state index contributed by atoms with van der Waals surface area (Å²) >= 11 is 0. The molecule has 2 aliphatic heterocycles. The molecule has 0 bridgehead atoms. The van der Waals surface area contributed by atoms with Crippen LogP contribution in [-0.2, 0) is 16.0 Å². The van der Waals surface area contributed by atoms with Crippen LogP contribution in [0.2, 0.25) is 0 Å². The molecule has 18 nitrogen and oxygen atoms in total. The van der Waals surface area contributed by atoms with E-state index in [4.69, 9.17) is 49.0 Å². The number of aromatic nitrogens is 8. The number of nitrogens with one attached hydrogen (secondary N) is 5. The van der Waals surface area contributed by atoms with Gasteiger partial charge in [0.1, 0.15) is 54.2 Å². The van der Waals surface area contributed by atoms with E-state index in [0.29, 0.717) is 75.0 Å². The van der Waals surface area contributed by atoms with Crippen molar-refractivity contribution in [2.75, 3.05) is 77.5 Å². The highest BCUT2D eigenvalue weighted by Gasteiger charge is 2.26. The molecule has 7 N–H and O–H groups in total. The topological polar surface area (TPSA) is 224 Å². The van der Waals surface area contributed by atoms with Crippen molar-refractivity contribution in [2.45, 2.75) is 71.4 Å². The number of aromatic amines is 1. The largest absolute Gasteiger partial charge is 0.491 e. The summed E-state index contributed by atoms with van der Waals surface area (Å²) in [7, 11) is 3.59. The zero-order valence-corrected chi connectivity index (χ0v) is 40.1. The van der Waals surface area contributed by atoms with Gasteiger partial charge in [0, 0.05) is 83.2 Å². The lowest BCUT2D eigenvalue weighted by atomic mass is 10.0. The number of aliphatic hydroxyl groups excluding tert-OH is 2. The molecule has 0 radical (unpaired) electrons. The molecule has 7 aromatic rings. The molecule has 0 spiro atoms. The van der Waals surface area contributed by atoms with E-state index in [1.807, 2.05) is 86.4 Å². The summed E-state index contributed by atoms with van der Waals surface area (Å²) in [5.74, 6) is 3.62. The van der Waals surface area contributed by atoms with Crippen LogP contribution in [0, 0.1) is 27.7 Å². The second kappa shape index (κ2) is 21.4. The molecule has 5 aromatic heterocycles. The summed E-state index contributed by atoms with van der Waals surface area (Å²) < 4.78 is 25.7. The van der Waals surface area contributed by atoms with Crippen molar-refractivity contribution in [1.82, 2.24) is 50.3 Å². The predicted molar refractivity (Wildman–Crippen MR) is 266 cm³/mol. The Hall–Kier alpha value is -6.54. The van der Waals surface area contributed by atoms with Gasteiger partial charge in [-0.15, -0.1) is 0 Å². The Morgan fingerprint density at radius 3 is 2.07 bits per heavy atom. The number of rotatable bonds is 20. The smallest absolute Gasteiger partial charge is 0.162 e. The summed E-state index contributed by atoms with van der Waals surface area (Å²) in [5.41, 5.74) is 9.98. The molecular formula is C51H62N12O6. The number of aliphatic hydroxyl groups is 2. The van der Waals surface area contributed by atoms with Crippen LogP contribution in [0.1, 0.15) is 40.9 Å². The number of nitrogens with zero attached hydrogens (tertiary/aromatic N) is 7. The Labute approximate surface area is 401 Å². The maximum atomic E-state index is 10.6. The van der Waals surface area contributed by atoms with E-state index >= 15 is 0 Å². The molecule has 0 aliphatic carbocycles. The van der Waals surface area contributed by atoms with Crippen LogP contribution in [0.4, 0.5) is 11.6 Å². The summed E-state index contributed by atoms with van der Waals surface area (Å²) in [6.45, 7) is 12.1. The number of likely N-dealkylation sites (N-methyl/N-ethyl adjacent to an activating group) is 2. The Bertz CT molecular complexity index is 2890. The number of H-pyrrole nitrogens is 1. The Morgan fingerprint density at radius 1 is 0.754 bits per heavy atom. The number of fused-ring (bicyclic) bond motifs is 1. The highest BCUT2D eigenvalue weighted by molar-refractivity contribution is 5.83. The molecule has 18 heteroatoms. The maximum Gasteiger partial charge on any atom is 0.162 e. The molecule has 2 aromatic carbocycles. The van der Waals surface area contributed by atoms with Gasteiger partial charge in [-0.3, -0.25) is 4.68 Å². The molecule has 7 heterocycles. The highest BCUT2D eigenvalue weighted by Crippen LogP contribution is 2.37. The lowest BCUT2D eigenvalue weighted by Crippen LogP contribution is -2.29. The lowest BCUT2D eigenvalue weighted by Gasteiger charge is -2.19. The SMILES string of the molecule is CNCC(O)COc1cccc(-c2nc(N[C@@H]3CCOC3)c(C)c(-c3c(C)nn(Cc4ccc(OCC(O)CNC)cc4-c4nc(N[C@@H]5CCOC5)c(C)c(-c5cnc6[nH]ccc6c5)n4)c3C)n2)c1. The zero-order chi connectivity index (χ0) is 48.0. The fourth-order valence-corrected chi connectivity index (χ4v) is 8.89. The first-order chi connectivity index (χ1) is 33.5. The number of benzene rings is 2. The van der Waals surface area contributed by atoms with Gasteiger partial charge in [0.25, 0.3) is 0 Å². The number of pyridine rings is 1. The van der Waals surface area contributed by atoms with Gasteiger partial charge in [0.15, 0.2) is 11.6 Å². The standard InChI is InChI=1S/C51H62N12O6/c1-29-45(36-18-34-12-15-54-49(34)55-21-36)58-51(61-47(29)56-37-13-16-66-25-37)43-20-42(69-28-40(65)23-53-6)11-10-35(43)24-63-32(4)44(31(3)62-63)46-30(2)48(57-38-14-17-67-26-38)60-50(59-46)33-8-7-9-41(19-33)68-27-39(64)22-52-5/h7-12,15,18-21,37-40,52-53,64-65H,13-14,16-17,22-28H2,1-6H3,(H,54,55)(H,56,58,61)(H,57,59,60)/t37-,38-,39?,40?/m1/s1. The highest BCUT2D eigenvalue weighted by atomic mass is 16.5. The maximum absolute atomic E-state index is 10.6. The minimum absolute atomic E-state index is 0.0908. The second-order valence-corrected chi connectivity index (χ2v) is 17.9. The van der Waals surface area contributed by atoms with Crippen LogP contribution in [-0.4, -0.2) is 141 Å². The number of anilines is 2. The number of aryl methyl sites for hydroxylation is 1. The van der Waals surface area contributed by atoms with Crippen molar-refractivity contribution in [3.05, 3.63) is 95.1 Å². The molecule has 69 heavy (non-hydrogen) atoms.